The Hall–Kier alpha value is -2.95. The van der Waals surface area contributed by atoms with Crippen molar-refractivity contribution in [3.05, 3.63) is 70.9 Å². The minimum absolute atomic E-state index is 0.0535. The van der Waals surface area contributed by atoms with Gasteiger partial charge in [-0.1, -0.05) is 55.4 Å². The van der Waals surface area contributed by atoms with Crippen molar-refractivity contribution in [3.8, 4) is 11.1 Å². The van der Waals surface area contributed by atoms with E-state index in [1.54, 1.807) is 0 Å². The molecule has 5 heteroatoms. The van der Waals surface area contributed by atoms with E-state index in [1.165, 1.54) is 16.7 Å². The van der Waals surface area contributed by atoms with E-state index in [0.717, 1.165) is 54.3 Å². The Balaban J connectivity index is 1.45. The minimum atomic E-state index is 0.0535. The largest absolute Gasteiger partial charge is 0.425 e. The Labute approximate surface area is 178 Å². The van der Waals surface area contributed by atoms with E-state index in [1.807, 2.05) is 13.8 Å². The molecule has 0 spiro atoms. The number of rotatable bonds is 8. The fourth-order valence-corrected chi connectivity index (χ4v) is 3.71. The molecule has 1 aromatic heterocycles. The predicted octanol–water partition coefficient (Wildman–Crippen LogP) is 5.92. The summed E-state index contributed by atoms with van der Waals surface area (Å²) in [5.41, 5.74) is 7.00. The molecule has 5 nitrogen and oxygen atoms in total. The van der Waals surface area contributed by atoms with Crippen LogP contribution in [0.25, 0.3) is 11.1 Å². The topological polar surface area (TPSA) is 60.5 Å². The molecular formula is C25H29N3O2. The lowest BCUT2D eigenvalue weighted by molar-refractivity contribution is 0.0863. The van der Waals surface area contributed by atoms with Gasteiger partial charge in [0.25, 0.3) is 0 Å². The van der Waals surface area contributed by atoms with Crippen LogP contribution in [0.3, 0.4) is 0 Å². The van der Waals surface area contributed by atoms with Gasteiger partial charge in [0.2, 0.25) is 11.8 Å². The van der Waals surface area contributed by atoms with E-state index in [4.69, 9.17) is 9.25 Å². The maximum absolute atomic E-state index is 5.70. The van der Waals surface area contributed by atoms with E-state index in [9.17, 15) is 0 Å². The van der Waals surface area contributed by atoms with Crippen LogP contribution >= 0.6 is 0 Å². The van der Waals surface area contributed by atoms with Gasteiger partial charge in [0.15, 0.2) is 0 Å². The Morgan fingerprint density at radius 1 is 0.867 bits per heavy atom. The van der Waals surface area contributed by atoms with Gasteiger partial charge in [-0.25, -0.2) is 0 Å². The first-order chi connectivity index (χ1) is 14.5. The molecule has 0 amide bonds. The molecule has 0 saturated carbocycles. The molecule has 0 N–H and O–H groups in total. The fourth-order valence-electron chi connectivity index (χ4n) is 3.71. The first kappa shape index (κ1) is 20.3. The summed E-state index contributed by atoms with van der Waals surface area (Å²) in [7, 11) is 0. The van der Waals surface area contributed by atoms with Gasteiger partial charge in [-0.05, 0) is 55.9 Å². The maximum atomic E-state index is 5.70. The van der Waals surface area contributed by atoms with Crippen LogP contribution in [-0.2, 0) is 17.7 Å². The van der Waals surface area contributed by atoms with Crippen molar-refractivity contribution in [2.45, 2.75) is 65.4 Å². The summed E-state index contributed by atoms with van der Waals surface area (Å²) in [6, 6.07) is 15.1. The van der Waals surface area contributed by atoms with Gasteiger partial charge in [0.05, 0.1) is 0 Å². The monoisotopic (exact) mass is 403 g/mol. The zero-order valence-electron chi connectivity index (χ0n) is 18.2. The molecule has 156 valence electrons. The molecule has 30 heavy (non-hydrogen) atoms. The van der Waals surface area contributed by atoms with Crippen molar-refractivity contribution in [1.29, 1.82) is 0 Å². The van der Waals surface area contributed by atoms with Crippen LogP contribution in [-0.4, -0.2) is 22.0 Å². The Kier molecular flexibility index (Phi) is 5.98. The zero-order valence-corrected chi connectivity index (χ0v) is 18.2. The van der Waals surface area contributed by atoms with Crippen molar-refractivity contribution in [2.75, 3.05) is 0 Å². The average Bonchev–Trinajstić information content (AvgIpc) is 3.32. The quantitative estimate of drug-likeness (QED) is 0.271. The molecule has 0 saturated heterocycles. The lowest BCUT2D eigenvalue weighted by Gasteiger charge is -2.07. The highest BCUT2D eigenvalue weighted by molar-refractivity contribution is 6.24. The lowest BCUT2D eigenvalue weighted by atomic mass is 10.00. The first-order valence-electron chi connectivity index (χ1n) is 10.8. The van der Waals surface area contributed by atoms with Gasteiger partial charge in [-0.3, -0.25) is 0 Å². The predicted molar refractivity (Wildman–Crippen MR) is 119 cm³/mol. The molecule has 0 unspecified atom stereocenters. The molecule has 0 fully saturated rings. The summed E-state index contributed by atoms with van der Waals surface area (Å²) in [4.78, 5) is 5.61. The van der Waals surface area contributed by atoms with Gasteiger partial charge in [0, 0.05) is 23.5 Å². The SMILES string of the molecule is CC(C)O/N=C1/c2ccccc2-c2ccc(CCCCc3nnc(C(C)C)o3)cc21. The van der Waals surface area contributed by atoms with Gasteiger partial charge < -0.3 is 9.25 Å². The van der Waals surface area contributed by atoms with Gasteiger partial charge in [-0.2, -0.15) is 0 Å². The summed E-state index contributed by atoms with van der Waals surface area (Å²) in [5.74, 6) is 1.74. The van der Waals surface area contributed by atoms with E-state index in [2.05, 4.69) is 71.7 Å². The standard InChI is InChI=1S/C25H29N3O2/c1-16(2)25-27-26-23(29-25)12-8-5-9-18-13-14-20-19-10-6-7-11-21(19)24(22(20)15-18)28-30-17(3)4/h6-7,10-11,13-17H,5,8-9,12H2,1-4H3/b28-24-. The molecule has 1 aliphatic rings. The number of benzene rings is 2. The maximum Gasteiger partial charge on any atom is 0.219 e. The highest BCUT2D eigenvalue weighted by Crippen LogP contribution is 2.37. The van der Waals surface area contributed by atoms with E-state index in [0.29, 0.717) is 0 Å². The summed E-state index contributed by atoms with van der Waals surface area (Å²) in [6.45, 7) is 8.12. The normalized spacial score (nSPS) is 13.9. The van der Waals surface area contributed by atoms with Crippen LogP contribution in [0, 0.1) is 0 Å². The smallest absolute Gasteiger partial charge is 0.219 e. The molecule has 3 aromatic rings. The second kappa shape index (κ2) is 8.82. The summed E-state index contributed by atoms with van der Waals surface area (Å²) in [5, 5.41) is 12.7. The third-order valence-electron chi connectivity index (χ3n) is 5.25. The van der Waals surface area contributed by atoms with Crippen LogP contribution < -0.4 is 0 Å². The van der Waals surface area contributed by atoms with Crippen molar-refractivity contribution < 1.29 is 9.25 Å². The number of nitrogens with zero attached hydrogens (tertiary/aromatic N) is 3. The highest BCUT2D eigenvalue weighted by Gasteiger charge is 2.25. The third kappa shape index (κ3) is 4.30. The summed E-state index contributed by atoms with van der Waals surface area (Å²) >= 11 is 0. The number of aromatic nitrogens is 2. The van der Waals surface area contributed by atoms with Crippen molar-refractivity contribution in [3.63, 3.8) is 0 Å². The zero-order chi connectivity index (χ0) is 21.1. The van der Waals surface area contributed by atoms with Crippen molar-refractivity contribution in [2.24, 2.45) is 5.16 Å². The molecule has 0 atom stereocenters. The Morgan fingerprint density at radius 3 is 2.33 bits per heavy atom. The molecule has 0 radical (unpaired) electrons. The summed E-state index contributed by atoms with van der Waals surface area (Å²) in [6.07, 6.45) is 3.98. The molecule has 0 bridgehead atoms. The van der Waals surface area contributed by atoms with Gasteiger partial charge in [-0.15, -0.1) is 10.2 Å². The number of unbranched alkanes of at least 4 members (excludes halogenated alkanes) is 1. The van der Waals surface area contributed by atoms with Crippen molar-refractivity contribution in [1.82, 2.24) is 10.2 Å². The molecule has 0 aliphatic heterocycles. The number of fused-ring (bicyclic) bond motifs is 3. The average molecular weight is 404 g/mol. The highest BCUT2D eigenvalue weighted by atomic mass is 16.6. The second-order valence-electron chi connectivity index (χ2n) is 8.42. The van der Waals surface area contributed by atoms with E-state index < -0.39 is 0 Å². The van der Waals surface area contributed by atoms with E-state index in [-0.39, 0.29) is 12.0 Å². The lowest BCUT2D eigenvalue weighted by Crippen LogP contribution is -2.04. The van der Waals surface area contributed by atoms with E-state index >= 15 is 0 Å². The molecular weight excluding hydrogens is 374 g/mol. The number of hydrogen-bond acceptors (Lipinski definition) is 5. The van der Waals surface area contributed by atoms with Crippen LogP contribution in [0.2, 0.25) is 0 Å². The molecule has 1 heterocycles. The minimum Gasteiger partial charge on any atom is -0.425 e. The number of aryl methyl sites for hydroxylation is 2. The van der Waals surface area contributed by atoms with Crippen LogP contribution in [0.5, 0.6) is 0 Å². The number of oxime groups is 1. The molecule has 4 rings (SSSR count). The number of hydrogen-bond donors (Lipinski definition) is 0. The van der Waals surface area contributed by atoms with Crippen LogP contribution in [0.1, 0.15) is 74.9 Å². The second-order valence-corrected chi connectivity index (χ2v) is 8.42. The third-order valence-corrected chi connectivity index (χ3v) is 5.25. The van der Waals surface area contributed by atoms with Gasteiger partial charge >= 0.3 is 0 Å². The molecule has 2 aromatic carbocycles. The Morgan fingerprint density at radius 2 is 1.60 bits per heavy atom. The fraction of sp³-hybridized carbons (Fsp3) is 0.400. The van der Waals surface area contributed by atoms with Crippen LogP contribution in [0.15, 0.2) is 52.0 Å². The Bertz CT molecular complexity index is 1050. The molecule has 1 aliphatic carbocycles. The van der Waals surface area contributed by atoms with Gasteiger partial charge in [0.1, 0.15) is 11.8 Å². The van der Waals surface area contributed by atoms with Crippen LogP contribution in [0.4, 0.5) is 0 Å². The first-order valence-corrected chi connectivity index (χ1v) is 10.8. The van der Waals surface area contributed by atoms with Crippen molar-refractivity contribution >= 4 is 5.71 Å². The summed E-state index contributed by atoms with van der Waals surface area (Å²) < 4.78 is 5.70.